The quantitative estimate of drug-likeness (QED) is 0.686. The third-order valence-corrected chi connectivity index (χ3v) is 6.52. The molecule has 1 aromatic carbocycles. The van der Waals surface area contributed by atoms with E-state index in [2.05, 4.69) is 17.3 Å². The molecule has 5 nitrogen and oxygen atoms in total. The number of methoxy groups -OCH3 is 1. The molecule has 1 amide bonds. The molecule has 2 aromatic heterocycles. The van der Waals surface area contributed by atoms with Crippen molar-refractivity contribution in [3.05, 3.63) is 58.6 Å². The number of ether oxygens (including phenoxy) is 1. The second-order valence-electron chi connectivity index (χ2n) is 7.25. The van der Waals surface area contributed by atoms with Crippen molar-refractivity contribution in [3.8, 4) is 16.4 Å². The highest BCUT2D eigenvalue weighted by molar-refractivity contribution is 7.13. The summed E-state index contributed by atoms with van der Waals surface area (Å²) in [5, 5.41) is 6.27. The fourth-order valence-corrected chi connectivity index (χ4v) is 4.55. The van der Waals surface area contributed by atoms with Crippen LogP contribution < -0.4 is 4.74 Å². The van der Waals surface area contributed by atoms with Gasteiger partial charge in [0.2, 0.25) is 5.91 Å². The first-order chi connectivity index (χ1) is 13.2. The zero-order chi connectivity index (χ0) is 18.4. The van der Waals surface area contributed by atoms with E-state index < -0.39 is 5.41 Å². The Morgan fingerprint density at radius 1 is 1.26 bits per heavy atom. The SMILES string of the molecule is COc1ccc2c(c1)CCN(C(=O)C1(c3cc(-c4cccs4)on3)CC1)C2. The summed E-state index contributed by atoms with van der Waals surface area (Å²) in [4.78, 5) is 16.3. The van der Waals surface area contributed by atoms with Gasteiger partial charge in [-0.15, -0.1) is 11.3 Å². The van der Waals surface area contributed by atoms with Gasteiger partial charge in [-0.1, -0.05) is 17.3 Å². The Morgan fingerprint density at radius 3 is 2.89 bits per heavy atom. The molecule has 2 aliphatic rings. The molecule has 138 valence electrons. The molecule has 3 heterocycles. The number of thiophene rings is 1. The van der Waals surface area contributed by atoms with Crippen molar-refractivity contribution in [2.45, 2.75) is 31.2 Å². The van der Waals surface area contributed by atoms with Crippen LogP contribution in [0.15, 0.2) is 46.3 Å². The number of hydrogen-bond donors (Lipinski definition) is 0. The maximum Gasteiger partial charge on any atom is 0.235 e. The van der Waals surface area contributed by atoms with E-state index in [0.29, 0.717) is 6.54 Å². The second kappa shape index (κ2) is 6.23. The van der Waals surface area contributed by atoms with E-state index in [-0.39, 0.29) is 5.91 Å². The molecule has 0 bridgehead atoms. The van der Waals surface area contributed by atoms with Crippen LogP contribution in [0.1, 0.15) is 29.7 Å². The number of rotatable bonds is 4. The molecule has 1 saturated carbocycles. The molecule has 1 aliphatic heterocycles. The van der Waals surface area contributed by atoms with Gasteiger partial charge < -0.3 is 14.2 Å². The van der Waals surface area contributed by atoms with Crippen LogP contribution in [0.2, 0.25) is 0 Å². The molecular formula is C21H20N2O3S. The third kappa shape index (κ3) is 2.75. The maximum atomic E-state index is 13.3. The van der Waals surface area contributed by atoms with Gasteiger partial charge in [0.05, 0.1) is 23.1 Å². The average Bonchev–Trinajstić information content (AvgIpc) is 3.11. The lowest BCUT2D eigenvalue weighted by Crippen LogP contribution is -2.42. The number of hydrogen-bond acceptors (Lipinski definition) is 5. The highest BCUT2D eigenvalue weighted by Gasteiger charge is 2.55. The number of aromatic nitrogens is 1. The Balaban J connectivity index is 1.38. The molecule has 1 fully saturated rings. The number of fused-ring (bicyclic) bond motifs is 1. The molecule has 0 N–H and O–H groups in total. The van der Waals surface area contributed by atoms with E-state index in [9.17, 15) is 4.79 Å². The van der Waals surface area contributed by atoms with Crippen molar-refractivity contribution in [2.75, 3.05) is 13.7 Å². The Kier molecular flexibility index (Phi) is 3.82. The number of carbonyl (C=O) groups is 1. The lowest BCUT2D eigenvalue weighted by Gasteiger charge is -2.31. The van der Waals surface area contributed by atoms with Crippen LogP contribution in [0.5, 0.6) is 5.75 Å². The zero-order valence-electron chi connectivity index (χ0n) is 15.1. The van der Waals surface area contributed by atoms with Crippen LogP contribution in [0.4, 0.5) is 0 Å². The van der Waals surface area contributed by atoms with E-state index >= 15 is 0 Å². The summed E-state index contributed by atoms with van der Waals surface area (Å²) < 4.78 is 10.8. The fraction of sp³-hybridized carbons (Fsp3) is 0.333. The van der Waals surface area contributed by atoms with Gasteiger partial charge in [-0.05, 0) is 54.0 Å². The van der Waals surface area contributed by atoms with E-state index in [4.69, 9.17) is 9.26 Å². The van der Waals surface area contributed by atoms with Crippen molar-refractivity contribution >= 4 is 17.2 Å². The Hall–Kier alpha value is -2.60. The van der Waals surface area contributed by atoms with Crippen LogP contribution >= 0.6 is 11.3 Å². The highest BCUT2D eigenvalue weighted by atomic mass is 32.1. The summed E-state index contributed by atoms with van der Waals surface area (Å²) in [6.45, 7) is 1.38. The fourth-order valence-electron chi connectivity index (χ4n) is 3.87. The standard InChI is InChI=1S/C21H20N2O3S/c1-25-16-5-4-15-13-23(9-6-14(15)11-16)20(24)21(7-8-21)19-12-17(26-22-19)18-3-2-10-27-18/h2-5,10-12H,6-9,13H2,1H3. The second-order valence-corrected chi connectivity index (χ2v) is 8.19. The molecule has 3 aromatic rings. The van der Waals surface area contributed by atoms with Gasteiger partial charge in [0, 0.05) is 19.2 Å². The number of nitrogens with zero attached hydrogens (tertiary/aromatic N) is 2. The molecule has 1 aliphatic carbocycles. The highest BCUT2D eigenvalue weighted by Crippen LogP contribution is 2.50. The molecule has 27 heavy (non-hydrogen) atoms. The maximum absolute atomic E-state index is 13.3. The molecule has 0 radical (unpaired) electrons. The van der Waals surface area contributed by atoms with Crippen LogP contribution in [0, 0.1) is 0 Å². The van der Waals surface area contributed by atoms with Crippen molar-refractivity contribution in [3.63, 3.8) is 0 Å². The molecule has 6 heteroatoms. The Labute approximate surface area is 161 Å². The number of carbonyl (C=O) groups excluding carboxylic acids is 1. The van der Waals surface area contributed by atoms with Gasteiger partial charge in [0.1, 0.15) is 5.75 Å². The summed E-state index contributed by atoms with van der Waals surface area (Å²) in [6, 6.07) is 12.0. The summed E-state index contributed by atoms with van der Waals surface area (Å²) in [5.74, 6) is 1.79. The summed E-state index contributed by atoms with van der Waals surface area (Å²) >= 11 is 1.61. The molecule has 0 unspecified atom stereocenters. The summed E-state index contributed by atoms with van der Waals surface area (Å²) in [7, 11) is 1.68. The smallest absolute Gasteiger partial charge is 0.235 e. The zero-order valence-corrected chi connectivity index (χ0v) is 15.9. The Morgan fingerprint density at radius 2 is 2.15 bits per heavy atom. The van der Waals surface area contributed by atoms with E-state index in [1.54, 1.807) is 18.4 Å². The lowest BCUT2D eigenvalue weighted by molar-refractivity contribution is -0.135. The normalized spacial score (nSPS) is 17.4. The minimum Gasteiger partial charge on any atom is -0.497 e. The van der Waals surface area contributed by atoms with E-state index in [1.165, 1.54) is 11.1 Å². The van der Waals surface area contributed by atoms with Gasteiger partial charge in [-0.2, -0.15) is 0 Å². The first-order valence-electron chi connectivity index (χ1n) is 9.16. The predicted octanol–water partition coefficient (Wildman–Crippen LogP) is 4.03. The van der Waals surface area contributed by atoms with E-state index in [1.807, 2.05) is 34.5 Å². The first-order valence-corrected chi connectivity index (χ1v) is 10.0. The number of benzene rings is 1. The van der Waals surface area contributed by atoms with Crippen molar-refractivity contribution in [1.82, 2.24) is 10.1 Å². The predicted molar refractivity (Wildman–Crippen MR) is 103 cm³/mol. The van der Waals surface area contributed by atoms with Gasteiger partial charge in [0.15, 0.2) is 5.76 Å². The molecule has 5 rings (SSSR count). The van der Waals surface area contributed by atoms with Crippen molar-refractivity contribution < 1.29 is 14.1 Å². The van der Waals surface area contributed by atoms with Crippen molar-refractivity contribution in [2.24, 2.45) is 0 Å². The molecule has 0 atom stereocenters. The van der Waals surface area contributed by atoms with Gasteiger partial charge in [-0.3, -0.25) is 4.79 Å². The third-order valence-electron chi connectivity index (χ3n) is 5.64. The van der Waals surface area contributed by atoms with E-state index in [0.717, 1.165) is 47.9 Å². The first kappa shape index (κ1) is 16.6. The topological polar surface area (TPSA) is 55.6 Å². The van der Waals surface area contributed by atoms with Crippen LogP contribution in [0.3, 0.4) is 0 Å². The monoisotopic (exact) mass is 380 g/mol. The van der Waals surface area contributed by atoms with Crippen LogP contribution in [-0.2, 0) is 23.2 Å². The minimum absolute atomic E-state index is 0.176. The van der Waals surface area contributed by atoms with Crippen molar-refractivity contribution in [1.29, 1.82) is 0 Å². The summed E-state index contributed by atoms with van der Waals surface area (Å²) in [5.41, 5.74) is 2.75. The molecule has 0 saturated heterocycles. The van der Waals surface area contributed by atoms with Crippen LogP contribution in [-0.4, -0.2) is 29.6 Å². The Bertz CT molecular complexity index is 989. The lowest BCUT2D eigenvalue weighted by atomic mass is 9.95. The van der Waals surface area contributed by atoms with Gasteiger partial charge >= 0.3 is 0 Å². The van der Waals surface area contributed by atoms with Gasteiger partial charge in [0.25, 0.3) is 0 Å². The average molecular weight is 380 g/mol. The summed E-state index contributed by atoms with van der Waals surface area (Å²) in [6.07, 6.45) is 2.54. The van der Waals surface area contributed by atoms with Gasteiger partial charge in [-0.25, -0.2) is 0 Å². The largest absolute Gasteiger partial charge is 0.497 e. The minimum atomic E-state index is -0.497. The molecular weight excluding hydrogens is 360 g/mol. The number of amides is 1. The van der Waals surface area contributed by atoms with Crippen LogP contribution in [0.25, 0.3) is 10.6 Å². The molecule has 0 spiro atoms.